The Kier molecular flexibility index (Phi) is 5.77. The molecule has 2 atom stereocenters. The fraction of sp³-hybridized carbons (Fsp3) is 0.588. The third kappa shape index (κ3) is 5.19. The number of rotatable bonds is 2. The zero-order chi connectivity index (χ0) is 17.7. The summed E-state index contributed by atoms with van der Waals surface area (Å²) in [4.78, 5) is 30.2. The Morgan fingerprint density at radius 1 is 1.33 bits per heavy atom. The fourth-order valence-corrected chi connectivity index (χ4v) is 2.58. The first-order valence-corrected chi connectivity index (χ1v) is 8.20. The van der Waals surface area contributed by atoms with Crippen LogP contribution in [0, 0.1) is 0 Å². The second-order valence-corrected chi connectivity index (χ2v) is 7.05. The predicted octanol–water partition coefficient (Wildman–Crippen LogP) is 1.54. The van der Waals surface area contributed by atoms with Crippen LogP contribution in [0.25, 0.3) is 0 Å². The summed E-state index contributed by atoms with van der Waals surface area (Å²) in [6.07, 6.45) is 4.27. The van der Waals surface area contributed by atoms with Gasteiger partial charge in [-0.25, -0.2) is 4.79 Å². The SMILES string of the molecule is CC(C)(C)OC(=O)N1CCCC(N)C(NC(=O)c2ccncc2)C1. The lowest BCUT2D eigenvalue weighted by atomic mass is 10.1. The van der Waals surface area contributed by atoms with Gasteiger partial charge in [-0.1, -0.05) is 0 Å². The molecule has 1 aromatic rings. The molecule has 1 saturated heterocycles. The molecular weight excluding hydrogens is 308 g/mol. The van der Waals surface area contributed by atoms with Gasteiger partial charge in [0, 0.05) is 37.1 Å². The van der Waals surface area contributed by atoms with Crippen LogP contribution in [0.15, 0.2) is 24.5 Å². The van der Waals surface area contributed by atoms with E-state index in [9.17, 15) is 9.59 Å². The van der Waals surface area contributed by atoms with Crippen LogP contribution in [-0.4, -0.2) is 52.7 Å². The monoisotopic (exact) mass is 334 g/mol. The van der Waals surface area contributed by atoms with E-state index in [1.54, 1.807) is 29.4 Å². The van der Waals surface area contributed by atoms with Gasteiger partial charge in [-0.05, 0) is 45.7 Å². The molecule has 0 radical (unpaired) electrons. The van der Waals surface area contributed by atoms with E-state index in [0.717, 1.165) is 12.8 Å². The Balaban J connectivity index is 2.04. The van der Waals surface area contributed by atoms with Gasteiger partial charge in [-0.3, -0.25) is 9.78 Å². The van der Waals surface area contributed by atoms with E-state index < -0.39 is 5.60 Å². The highest BCUT2D eigenvalue weighted by Crippen LogP contribution is 2.15. The normalized spacial score (nSPS) is 21.8. The van der Waals surface area contributed by atoms with Crippen molar-refractivity contribution in [2.45, 2.75) is 51.3 Å². The van der Waals surface area contributed by atoms with Crippen molar-refractivity contribution in [3.05, 3.63) is 30.1 Å². The maximum atomic E-state index is 12.3. The van der Waals surface area contributed by atoms with Crippen molar-refractivity contribution in [1.82, 2.24) is 15.2 Å². The van der Waals surface area contributed by atoms with Crippen LogP contribution in [-0.2, 0) is 4.74 Å². The van der Waals surface area contributed by atoms with E-state index in [2.05, 4.69) is 10.3 Å². The van der Waals surface area contributed by atoms with Gasteiger partial charge in [-0.15, -0.1) is 0 Å². The Hall–Kier alpha value is -2.15. The van der Waals surface area contributed by atoms with Crippen LogP contribution in [0.4, 0.5) is 4.79 Å². The molecule has 7 heteroatoms. The third-order valence-electron chi connectivity index (χ3n) is 3.81. The number of hydrogen-bond donors (Lipinski definition) is 2. The summed E-state index contributed by atoms with van der Waals surface area (Å²) in [6.45, 7) is 6.41. The molecule has 0 spiro atoms. The quantitative estimate of drug-likeness (QED) is 0.855. The van der Waals surface area contributed by atoms with Gasteiger partial charge in [0.2, 0.25) is 0 Å². The molecule has 2 unspecified atom stereocenters. The molecule has 2 heterocycles. The Labute approximate surface area is 142 Å². The van der Waals surface area contributed by atoms with Crippen molar-refractivity contribution in [2.24, 2.45) is 5.73 Å². The topological polar surface area (TPSA) is 97.5 Å². The van der Waals surface area contributed by atoms with Crippen LogP contribution in [0.5, 0.6) is 0 Å². The zero-order valence-electron chi connectivity index (χ0n) is 14.5. The molecule has 0 aromatic carbocycles. The molecule has 132 valence electrons. The number of aromatic nitrogens is 1. The number of nitrogens with zero attached hydrogens (tertiary/aromatic N) is 2. The van der Waals surface area contributed by atoms with Crippen LogP contribution in [0.1, 0.15) is 44.0 Å². The second-order valence-electron chi connectivity index (χ2n) is 7.05. The van der Waals surface area contributed by atoms with Crippen LogP contribution >= 0.6 is 0 Å². The second kappa shape index (κ2) is 7.61. The van der Waals surface area contributed by atoms with Gasteiger partial charge >= 0.3 is 6.09 Å². The molecule has 3 N–H and O–H groups in total. The maximum Gasteiger partial charge on any atom is 0.410 e. The molecule has 0 aliphatic carbocycles. The van der Waals surface area contributed by atoms with Crippen molar-refractivity contribution in [2.75, 3.05) is 13.1 Å². The molecule has 1 fully saturated rings. The van der Waals surface area contributed by atoms with Gasteiger partial charge in [0.05, 0.1) is 6.04 Å². The summed E-state index contributed by atoms with van der Waals surface area (Å²) >= 11 is 0. The van der Waals surface area contributed by atoms with Crippen molar-refractivity contribution >= 4 is 12.0 Å². The number of carbonyl (C=O) groups excluding carboxylic acids is 2. The van der Waals surface area contributed by atoms with Gasteiger partial charge in [0.25, 0.3) is 5.91 Å². The number of amides is 2. The summed E-state index contributed by atoms with van der Waals surface area (Å²) in [5.41, 5.74) is 6.15. The number of ether oxygens (including phenoxy) is 1. The summed E-state index contributed by atoms with van der Waals surface area (Å²) in [5, 5.41) is 2.93. The maximum absolute atomic E-state index is 12.3. The number of nitrogens with one attached hydrogen (secondary N) is 1. The van der Waals surface area contributed by atoms with Crippen LogP contribution in [0.3, 0.4) is 0 Å². The minimum absolute atomic E-state index is 0.205. The smallest absolute Gasteiger partial charge is 0.410 e. The number of nitrogens with two attached hydrogens (primary N) is 1. The van der Waals surface area contributed by atoms with E-state index in [1.165, 1.54) is 0 Å². The summed E-state index contributed by atoms with van der Waals surface area (Å²) in [6, 6.07) is 2.76. The van der Waals surface area contributed by atoms with Crippen molar-refractivity contribution in [3.63, 3.8) is 0 Å². The Morgan fingerprint density at radius 3 is 2.62 bits per heavy atom. The fourth-order valence-electron chi connectivity index (χ4n) is 2.58. The van der Waals surface area contributed by atoms with E-state index in [0.29, 0.717) is 18.7 Å². The highest BCUT2D eigenvalue weighted by Gasteiger charge is 2.30. The van der Waals surface area contributed by atoms with Crippen molar-refractivity contribution in [1.29, 1.82) is 0 Å². The van der Waals surface area contributed by atoms with Crippen molar-refractivity contribution < 1.29 is 14.3 Å². The lowest BCUT2D eigenvalue weighted by Crippen LogP contribution is -2.53. The van der Waals surface area contributed by atoms with E-state index in [1.807, 2.05) is 20.8 Å². The lowest BCUT2D eigenvalue weighted by Gasteiger charge is -2.29. The lowest BCUT2D eigenvalue weighted by molar-refractivity contribution is 0.0241. The molecule has 24 heavy (non-hydrogen) atoms. The summed E-state index contributed by atoms with van der Waals surface area (Å²) in [7, 11) is 0. The molecule has 2 amide bonds. The Morgan fingerprint density at radius 2 is 2.00 bits per heavy atom. The Bertz CT molecular complexity index is 571. The number of carbonyl (C=O) groups is 2. The molecular formula is C17H26N4O3. The van der Waals surface area contributed by atoms with Gasteiger partial charge < -0.3 is 20.7 Å². The molecule has 0 saturated carbocycles. The van der Waals surface area contributed by atoms with Gasteiger partial charge in [0.1, 0.15) is 5.60 Å². The number of hydrogen-bond acceptors (Lipinski definition) is 5. The molecule has 7 nitrogen and oxygen atoms in total. The number of likely N-dealkylation sites (tertiary alicyclic amines) is 1. The van der Waals surface area contributed by atoms with Gasteiger partial charge in [-0.2, -0.15) is 0 Å². The zero-order valence-corrected chi connectivity index (χ0v) is 14.5. The standard InChI is InChI=1S/C17H26N4O3/c1-17(2,3)24-16(23)21-10-4-5-13(18)14(11-21)20-15(22)12-6-8-19-9-7-12/h6-9,13-14H,4-5,10-11,18H2,1-3H3,(H,20,22). The molecule has 1 aromatic heterocycles. The van der Waals surface area contributed by atoms with Crippen LogP contribution < -0.4 is 11.1 Å². The van der Waals surface area contributed by atoms with Crippen LogP contribution in [0.2, 0.25) is 0 Å². The summed E-state index contributed by atoms with van der Waals surface area (Å²) < 4.78 is 5.43. The summed E-state index contributed by atoms with van der Waals surface area (Å²) in [5.74, 6) is -0.219. The minimum Gasteiger partial charge on any atom is -0.444 e. The van der Waals surface area contributed by atoms with E-state index in [-0.39, 0.29) is 24.1 Å². The number of pyridine rings is 1. The van der Waals surface area contributed by atoms with Gasteiger partial charge in [0.15, 0.2) is 0 Å². The first-order chi connectivity index (χ1) is 11.3. The molecule has 1 aliphatic rings. The highest BCUT2D eigenvalue weighted by molar-refractivity contribution is 5.94. The average molecular weight is 334 g/mol. The molecule has 2 rings (SSSR count). The molecule has 1 aliphatic heterocycles. The van der Waals surface area contributed by atoms with E-state index in [4.69, 9.17) is 10.5 Å². The minimum atomic E-state index is -0.554. The van der Waals surface area contributed by atoms with E-state index >= 15 is 0 Å². The molecule has 0 bridgehead atoms. The first kappa shape index (κ1) is 18.2. The average Bonchev–Trinajstić information content (AvgIpc) is 2.69. The third-order valence-corrected chi connectivity index (χ3v) is 3.81. The first-order valence-electron chi connectivity index (χ1n) is 8.20. The highest BCUT2D eigenvalue weighted by atomic mass is 16.6. The largest absolute Gasteiger partial charge is 0.444 e. The van der Waals surface area contributed by atoms with Crippen molar-refractivity contribution in [3.8, 4) is 0 Å². The predicted molar refractivity (Wildman–Crippen MR) is 90.5 cm³/mol.